The quantitative estimate of drug-likeness (QED) is 0.522. The fraction of sp³-hybridized carbons (Fsp3) is 0.429. The highest BCUT2D eigenvalue weighted by Crippen LogP contribution is 2.22. The molecule has 0 radical (unpaired) electrons. The molecule has 0 aliphatic heterocycles. The Labute approximate surface area is 123 Å². The standard InChI is InChI=1S/C14H18O6S/c15-13(16)5-1-11(2-6-13)9-21(19,20)10-12-3-7-14(17,18)8-4-12/h1-5,7,15-18H,6,8-10H2. The van der Waals surface area contributed by atoms with Crippen molar-refractivity contribution in [1.29, 1.82) is 0 Å². The van der Waals surface area contributed by atoms with Crippen LogP contribution in [0.2, 0.25) is 0 Å². The van der Waals surface area contributed by atoms with Gasteiger partial charge in [0.15, 0.2) is 21.4 Å². The number of aliphatic hydroxyl groups is 4. The third-order valence-corrected chi connectivity index (χ3v) is 4.78. The first-order valence-electron chi connectivity index (χ1n) is 6.43. The van der Waals surface area contributed by atoms with Crippen LogP contribution in [0.15, 0.2) is 47.6 Å². The Hall–Kier alpha value is -1.25. The van der Waals surface area contributed by atoms with E-state index in [9.17, 15) is 28.8 Å². The summed E-state index contributed by atoms with van der Waals surface area (Å²) in [6.45, 7) is 0. The largest absolute Gasteiger partial charge is 0.362 e. The Kier molecular flexibility index (Phi) is 4.23. The van der Waals surface area contributed by atoms with Crippen LogP contribution in [-0.2, 0) is 9.84 Å². The zero-order valence-electron chi connectivity index (χ0n) is 11.3. The van der Waals surface area contributed by atoms with Gasteiger partial charge in [0, 0.05) is 12.8 Å². The summed E-state index contributed by atoms with van der Waals surface area (Å²) in [5.41, 5.74) is 1.01. The van der Waals surface area contributed by atoms with Crippen molar-refractivity contribution in [2.24, 2.45) is 0 Å². The SMILES string of the molecule is O=S(=O)(CC1=CCC(O)(O)C=C1)CC1=CCC(O)(O)C=C1. The highest BCUT2D eigenvalue weighted by Gasteiger charge is 2.25. The molecule has 0 bridgehead atoms. The zero-order chi connectivity index (χ0) is 15.7. The van der Waals surface area contributed by atoms with Gasteiger partial charge >= 0.3 is 0 Å². The molecule has 2 aliphatic carbocycles. The van der Waals surface area contributed by atoms with Crippen LogP contribution in [0.25, 0.3) is 0 Å². The maximum Gasteiger partial charge on any atom is 0.186 e. The fourth-order valence-corrected chi connectivity index (χ4v) is 3.63. The van der Waals surface area contributed by atoms with Crippen molar-refractivity contribution >= 4 is 9.84 Å². The molecule has 0 saturated heterocycles. The topological polar surface area (TPSA) is 115 Å². The lowest BCUT2D eigenvalue weighted by Crippen LogP contribution is -2.27. The summed E-state index contributed by atoms with van der Waals surface area (Å²) >= 11 is 0. The van der Waals surface area contributed by atoms with Gasteiger partial charge in [-0.15, -0.1) is 0 Å². The van der Waals surface area contributed by atoms with Gasteiger partial charge in [0.25, 0.3) is 0 Å². The lowest BCUT2D eigenvalue weighted by Gasteiger charge is -2.21. The van der Waals surface area contributed by atoms with Crippen LogP contribution in [0.3, 0.4) is 0 Å². The van der Waals surface area contributed by atoms with E-state index >= 15 is 0 Å². The molecular weight excluding hydrogens is 296 g/mol. The van der Waals surface area contributed by atoms with Crippen LogP contribution in [-0.4, -0.2) is 51.9 Å². The van der Waals surface area contributed by atoms with Crippen LogP contribution >= 0.6 is 0 Å². The summed E-state index contributed by atoms with van der Waals surface area (Å²) in [5, 5.41) is 37.2. The third-order valence-electron chi connectivity index (χ3n) is 3.23. The summed E-state index contributed by atoms with van der Waals surface area (Å²) in [5.74, 6) is -4.22. The minimum atomic E-state index is -3.42. The zero-order valence-corrected chi connectivity index (χ0v) is 12.1. The molecule has 0 aromatic carbocycles. The van der Waals surface area contributed by atoms with E-state index in [-0.39, 0.29) is 24.3 Å². The van der Waals surface area contributed by atoms with Crippen molar-refractivity contribution < 1.29 is 28.8 Å². The molecule has 0 saturated carbocycles. The molecule has 0 amide bonds. The van der Waals surface area contributed by atoms with Crippen molar-refractivity contribution in [2.75, 3.05) is 11.5 Å². The second-order valence-corrected chi connectivity index (χ2v) is 7.49. The Morgan fingerprint density at radius 1 is 0.857 bits per heavy atom. The maximum atomic E-state index is 12.1. The fourth-order valence-electron chi connectivity index (χ4n) is 2.09. The van der Waals surface area contributed by atoms with Gasteiger partial charge in [-0.1, -0.05) is 24.3 Å². The Balaban J connectivity index is 1.98. The van der Waals surface area contributed by atoms with Crippen LogP contribution in [0.5, 0.6) is 0 Å². The van der Waals surface area contributed by atoms with Gasteiger partial charge in [-0.2, -0.15) is 0 Å². The van der Waals surface area contributed by atoms with Crippen LogP contribution in [0.1, 0.15) is 12.8 Å². The highest BCUT2D eigenvalue weighted by molar-refractivity contribution is 7.91. The minimum Gasteiger partial charge on any atom is -0.362 e. The number of rotatable bonds is 4. The lowest BCUT2D eigenvalue weighted by molar-refractivity contribution is -0.116. The Bertz CT molecular complexity index is 584. The third kappa shape index (κ3) is 4.90. The average molecular weight is 314 g/mol. The van der Waals surface area contributed by atoms with Crippen molar-refractivity contribution in [3.05, 3.63) is 47.6 Å². The van der Waals surface area contributed by atoms with E-state index in [2.05, 4.69) is 0 Å². The first-order chi connectivity index (χ1) is 9.57. The molecule has 116 valence electrons. The van der Waals surface area contributed by atoms with Gasteiger partial charge < -0.3 is 20.4 Å². The van der Waals surface area contributed by atoms with Crippen molar-refractivity contribution in [2.45, 2.75) is 24.4 Å². The van der Waals surface area contributed by atoms with Gasteiger partial charge in [0.1, 0.15) is 0 Å². The number of hydrogen-bond donors (Lipinski definition) is 4. The van der Waals surface area contributed by atoms with Gasteiger partial charge in [-0.25, -0.2) is 8.42 Å². The molecule has 0 atom stereocenters. The predicted octanol–water partition coefficient (Wildman–Crippen LogP) is -0.464. The van der Waals surface area contributed by atoms with E-state index in [1.54, 1.807) is 0 Å². The molecule has 7 heteroatoms. The van der Waals surface area contributed by atoms with Crippen LogP contribution < -0.4 is 0 Å². The average Bonchev–Trinajstić information content (AvgIpc) is 2.34. The molecule has 4 N–H and O–H groups in total. The van der Waals surface area contributed by atoms with E-state index < -0.39 is 21.4 Å². The Morgan fingerprint density at radius 3 is 1.52 bits per heavy atom. The summed E-state index contributed by atoms with van der Waals surface area (Å²) in [4.78, 5) is 0. The Morgan fingerprint density at radius 2 is 1.24 bits per heavy atom. The summed E-state index contributed by atoms with van der Waals surface area (Å²) < 4.78 is 24.2. The second kappa shape index (κ2) is 5.51. The van der Waals surface area contributed by atoms with Gasteiger partial charge in [0.2, 0.25) is 0 Å². The molecule has 2 aliphatic rings. The summed E-state index contributed by atoms with van der Waals surface area (Å²) in [6, 6.07) is 0. The van der Waals surface area contributed by atoms with Crippen LogP contribution in [0, 0.1) is 0 Å². The first kappa shape index (κ1) is 16.1. The van der Waals surface area contributed by atoms with E-state index in [0.717, 1.165) is 12.2 Å². The molecule has 0 fully saturated rings. The molecule has 6 nitrogen and oxygen atoms in total. The maximum absolute atomic E-state index is 12.1. The molecule has 21 heavy (non-hydrogen) atoms. The summed E-state index contributed by atoms with van der Waals surface area (Å²) in [7, 11) is -3.42. The van der Waals surface area contributed by atoms with E-state index in [4.69, 9.17) is 0 Å². The minimum absolute atomic E-state index is 0.0471. The number of sulfone groups is 1. The monoisotopic (exact) mass is 314 g/mol. The van der Waals surface area contributed by atoms with Gasteiger partial charge in [-0.3, -0.25) is 0 Å². The van der Waals surface area contributed by atoms with E-state index in [0.29, 0.717) is 11.1 Å². The molecular formula is C14H18O6S. The number of hydrogen-bond acceptors (Lipinski definition) is 6. The first-order valence-corrected chi connectivity index (χ1v) is 8.26. The van der Waals surface area contributed by atoms with Crippen LogP contribution in [0.4, 0.5) is 0 Å². The predicted molar refractivity (Wildman–Crippen MR) is 76.7 cm³/mol. The van der Waals surface area contributed by atoms with E-state index in [1.807, 2.05) is 0 Å². The van der Waals surface area contributed by atoms with Crippen molar-refractivity contribution in [3.8, 4) is 0 Å². The molecule has 0 aromatic rings. The molecule has 0 spiro atoms. The highest BCUT2D eigenvalue weighted by atomic mass is 32.2. The molecule has 2 rings (SSSR count). The van der Waals surface area contributed by atoms with Crippen molar-refractivity contribution in [1.82, 2.24) is 0 Å². The number of allylic oxidation sites excluding steroid dienone is 2. The molecule has 0 aromatic heterocycles. The molecule has 0 unspecified atom stereocenters. The normalized spacial score (nSPS) is 23.6. The summed E-state index contributed by atoms with van der Waals surface area (Å²) in [6.07, 6.45) is 7.96. The molecule has 0 heterocycles. The van der Waals surface area contributed by atoms with E-state index in [1.165, 1.54) is 24.3 Å². The van der Waals surface area contributed by atoms with Crippen molar-refractivity contribution in [3.63, 3.8) is 0 Å². The lowest BCUT2D eigenvalue weighted by atomic mass is 10.0. The second-order valence-electron chi connectivity index (χ2n) is 5.42. The van der Waals surface area contributed by atoms with Gasteiger partial charge in [0.05, 0.1) is 11.5 Å². The smallest absolute Gasteiger partial charge is 0.186 e. The van der Waals surface area contributed by atoms with Gasteiger partial charge in [-0.05, 0) is 23.3 Å².